The Morgan fingerprint density at radius 1 is 1.36 bits per heavy atom. The second-order valence-electron chi connectivity index (χ2n) is 2.29. The topological polar surface area (TPSA) is 52.6 Å². The molecule has 0 aromatic carbocycles. The maximum Gasteiger partial charge on any atom is 0.456 e. The maximum atomic E-state index is 12.5. The van der Waals surface area contributed by atoms with Gasteiger partial charge in [0.1, 0.15) is 0 Å². The van der Waals surface area contributed by atoms with E-state index in [4.69, 9.17) is 0 Å². The first-order valence-corrected chi connectivity index (χ1v) is 3.70. The van der Waals surface area contributed by atoms with E-state index in [9.17, 15) is 22.8 Å². The summed E-state index contributed by atoms with van der Waals surface area (Å²) in [6.07, 6.45) is -4.47. The van der Waals surface area contributed by atoms with Crippen LogP contribution in [0.15, 0.2) is 0 Å². The standard InChI is InChI=1S/C7H9F3O4/c1-5(11)14-6(12)7(9,10)13-4-2-3-8/h2-4H2,1H3. The molecule has 0 aliphatic carbocycles. The highest BCUT2D eigenvalue weighted by molar-refractivity contribution is 5.87. The molecule has 0 radical (unpaired) electrons. The summed E-state index contributed by atoms with van der Waals surface area (Å²) in [4.78, 5) is 20.6. The van der Waals surface area contributed by atoms with Gasteiger partial charge in [-0.3, -0.25) is 9.18 Å². The zero-order valence-electron chi connectivity index (χ0n) is 7.39. The molecule has 4 nitrogen and oxygen atoms in total. The zero-order valence-corrected chi connectivity index (χ0v) is 7.39. The molecule has 0 bridgehead atoms. The summed E-state index contributed by atoms with van der Waals surface area (Å²) in [5, 5.41) is 0. The largest absolute Gasteiger partial charge is 0.456 e. The molecular formula is C7H9F3O4. The lowest BCUT2D eigenvalue weighted by molar-refractivity contribution is -0.248. The molecule has 0 rings (SSSR count). The predicted octanol–water partition coefficient (Wildman–Crippen LogP) is 1.05. The summed E-state index contributed by atoms with van der Waals surface area (Å²) >= 11 is 0. The van der Waals surface area contributed by atoms with Crippen LogP contribution >= 0.6 is 0 Å². The van der Waals surface area contributed by atoms with Gasteiger partial charge in [-0.25, -0.2) is 4.79 Å². The average Bonchev–Trinajstić information content (AvgIpc) is 2.03. The van der Waals surface area contributed by atoms with E-state index in [0.29, 0.717) is 0 Å². The number of hydrogen-bond donors (Lipinski definition) is 0. The quantitative estimate of drug-likeness (QED) is 0.390. The number of halogens is 3. The van der Waals surface area contributed by atoms with Gasteiger partial charge >= 0.3 is 18.0 Å². The van der Waals surface area contributed by atoms with Gasteiger partial charge in [-0.2, -0.15) is 8.78 Å². The molecule has 7 heteroatoms. The lowest BCUT2D eigenvalue weighted by Crippen LogP contribution is -2.35. The minimum atomic E-state index is -4.21. The third kappa shape index (κ3) is 4.80. The molecule has 0 fully saturated rings. The van der Waals surface area contributed by atoms with Crippen LogP contribution in [0.3, 0.4) is 0 Å². The Morgan fingerprint density at radius 3 is 2.36 bits per heavy atom. The molecule has 0 unspecified atom stereocenters. The molecule has 0 aliphatic heterocycles. The summed E-state index contributed by atoms with van der Waals surface area (Å²) < 4.78 is 43.9. The van der Waals surface area contributed by atoms with Crippen LogP contribution < -0.4 is 0 Å². The summed E-state index contributed by atoms with van der Waals surface area (Å²) in [6, 6.07) is 0. The summed E-state index contributed by atoms with van der Waals surface area (Å²) in [7, 11) is 0. The number of rotatable bonds is 5. The molecule has 82 valence electrons. The van der Waals surface area contributed by atoms with Gasteiger partial charge in [0, 0.05) is 6.92 Å². The molecule has 0 aromatic heterocycles. The van der Waals surface area contributed by atoms with Crippen LogP contribution in [-0.2, 0) is 19.1 Å². The first-order chi connectivity index (χ1) is 6.40. The van der Waals surface area contributed by atoms with Gasteiger partial charge in [0.05, 0.1) is 13.3 Å². The van der Waals surface area contributed by atoms with Crippen LogP contribution in [0, 0.1) is 0 Å². The van der Waals surface area contributed by atoms with Crippen molar-refractivity contribution in [1.82, 2.24) is 0 Å². The summed E-state index contributed by atoms with van der Waals surface area (Å²) in [5.74, 6) is -3.26. The van der Waals surface area contributed by atoms with Crippen LogP contribution in [0.1, 0.15) is 13.3 Å². The summed E-state index contributed by atoms with van der Waals surface area (Å²) in [6.45, 7) is -0.663. The maximum absolute atomic E-state index is 12.5. The number of ether oxygens (including phenoxy) is 2. The number of hydrogen-bond acceptors (Lipinski definition) is 4. The second-order valence-corrected chi connectivity index (χ2v) is 2.29. The second kappa shape index (κ2) is 5.58. The predicted molar refractivity (Wildman–Crippen MR) is 38.3 cm³/mol. The SMILES string of the molecule is CC(=O)OC(=O)C(F)(F)OCCCF. The molecular weight excluding hydrogens is 205 g/mol. The Morgan fingerprint density at radius 2 is 1.93 bits per heavy atom. The Bertz CT molecular complexity index is 217. The summed E-state index contributed by atoms with van der Waals surface area (Å²) in [5.41, 5.74) is 0. The smallest absolute Gasteiger partial charge is 0.387 e. The Labute approximate surface area is 78.0 Å². The van der Waals surface area contributed by atoms with Crippen LogP contribution in [0.4, 0.5) is 13.2 Å². The van der Waals surface area contributed by atoms with Crippen molar-refractivity contribution in [2.45, 2.75) is 19.5 Å². The molecule has 0 aliphatic rings. The van der Waals surface area contributed by atoms with Gasteiger partial charge in [0.2, 0.25) is 0 Å². The van der Waals surface area contributed by atoms with E-state index in [1.807, 2.05) is 0 Å². The van der Waals surface area contributed by atoms with E-state index in [2.05, 4.69) is 9.47 Å². The highest BCUT2D eigenvalue weighted by Crippen LogP contribution is 2.17. The molecule has 14 heavy (non-hydrogen) atoms. The van der Waals surface area contributed by atoms with Gasteiger partial charge in [-0.15, -0.1) is 0 Å². The van der Waals surface area contributed by atoms with Gasteiger partial charge in [0.25, 0.3) is 0 Å². The highest BCUT2D eigenvalue weighted by atomic mass is 19.3. The molecule has 0 saturated carbocycles. The third-order valence-electron chi connectivity index (χ3n) is 1.04. The average molecular weight is 214 g/mol. The molecule has 0 heterocycles. The fraction of sp³-hybridized carbons (Fsp3) is 0.714. The van der Waals surface area contributed by atoms with E-state index in [1.165, 1.54) is 0 Å². The highest BCUT2D eigenvalue weighted by Gasteiger charge is 2.43. The van der Waals surface area contributed by atoms with Crippen LogP contribution in [-0.4, -0.2) is 31.3 Å². The Kier molecular flexibility index (Phi) is 5.14. The number of carbonyl (C=O) groups excluding carboxylic acids is 2. The van der Waals surface area contributed by atoms with E-state index in [-0.39, 0.29) is 6.42 Å². The molecule has 0 spiro atoms. The van der Waals surface area contributed by atoms with Gasteiger partial charge < -0.3 is 9.47 Å². The van der Waals surface area contributed by atoms with Crippen molar-refractivity contribution < 1.29 is 32.2 Å². The van der Waals surface area contributed by atoms with Crippen LogP contribution in [0.5, 0.6) is 0 Å². The molecule has 0 amide bonds. The minimum Gasteiger partial charge on any atom is -0.387 e. The van der Waals surface area contributed by atoms with Crippen LogP contribution in [0.2, 0.25) is 0 Å². The van der Waals surface area contributed by atoms with E-state index in [0.717, 1.165) is 6.92 Å². The normalized spacial score (nSPS) is 11.1. The van der Waals surface area contributed by atoms with Crippen LogP contribution in [0.25, 0.3) is 0 Å². The Hall–Kier alpha value is -1.11. The van der Waals surface area contributed by atoms with Crippen molar-refractivity contribution in [3.8, 4) is 0 Å². The van der Waals surface area contributed by atoms with E-state index in [1.54, 1.807) is 0 Å². The third-order valence-corrected chi connectivity index (χ3v) is 1.04. The first-order valence-electron chi connectivity index (χ1n) is 3.70. The number of carbonyl (C=O) groups is 2. The van der Waals surface area contributed by atoms with E-state index < -0.39 is 31.3 Å². The van der Waals surface area contributed by atoms with Gasteiger partial charge in [-0.1, -0.05) is 0 Å². The fourth-order valence-corrected chi connectivity index (χ4v) is 0.504. The molecule has 0 saturated heterocycles. The molecule has 0 atom stereocenters. The van der Waals surface area contributed by atoms with Crippen molar-refractivity contribution in [2.75, 3.05) is 13.3 Å². The monoisotopic (exact) mass is 214 g/mol. The number of alkyl halides is 3. The van der Waals surface area contributed by atoms with Crippen molar-refractivity contribution in [3.63, 3.8) is 0 Å². The number of esters is 2. The van der Waals surface area contributed by atoms with Crippen molar-refractivity contribution in [1.29, 1.82) is 0 Å². The van der Waals surface area contributed by atoms with Gasteiger partial charge in [0.15, 0.2) is 0 Å². The fourth-order valence-electron chi connectivity index (χ4n) is 0.504. The lowest BCUT2D eigenvalue weighted by atomic mass is 10.5. The van der Waals surface area contributed by atoms with E-state index >= 15 is 0 Å². The van der Waals surface area contributed by atoms with Crippen molar-refractivity contribution in [3.05, 3.63) is 0 Å². The lowest BCUT2D eigenvalue weighted by Gasteiger charge is -2.13. The van der Waals surface area contributed by atoms with Gasteiger partial charge in [-0.05, 0) is 6.42 Å². The van der Waals surface area contributed by atoms with Crippen molar-refractivity contribution >= 4 is 11.9 Å². The molecule has 0 aromatic rings. The zero-order chi connectivity index (χ0) is 11.2. The minimum absolute atomic E-state index is 0.261. The Balaban J connectivity index is 4.02. The van der Waals surface area contributed by atoms with Crippen molar-refractivity contribution in [2.24, 2.45) is 0 Å². The molecule has 0 N–H and O–H groups in total. The first kappa shape index (κ1) is 12.9.